The SMILES string of the molecule is N#CC1CC(=O)N(c2cc(Cl)cc(Cl)c2)C1. The van der Waals surface area contributed by atoms with E-state index in [0.29, 0.717) is 22.3 Å². The Kier molecular flexibility index (Phi) is 3.04. The van der Waals surface area contributed by atoms with Gasteiger partial charge in [-0.05, 0) is 18.2 Å². The zero-order valence-corrected chi connectivity index (χ0v) is 9.79. The molecule has 1 aliphatic heterocycles. The Bertz CT molecular complexity index is 461. The molecule has 16 heavy (non-hydrogen) atoms. The summed E-state index contributed by atoms with van der Waals surface area (Å²) in [6.45, 7) is 0.409. The van der Waals surface area contributed by atoms with Crippen molar-refractivity contribution in [3.63, 3.8) is 0 Å². The highest BCUT2D eigenvalue weighted by molar-refractivity contribution is 6.35. The van der Waals surface area contributed by atoms with E-state index < -0.39 is 0 Å². The standard InChI is InChI=1S/C11H8Cl2N2O/c12-8-2-9(13)4-10(3-8)15-6-7(5-14)1-11(15)16/h2-4,7H,1,6H2. The maximum absolute atomic E-state index is 11.7. The number of carbonyl (C=O) groups excluding carboxylic acids is 1. The van der Waals surface area contributed by atoms with E-state index in [0.717, 1.165) is 0 Å². The third-order valence-corrected chi connectivity index (χ3v) is 2.90. The molecule has 0 aliphatic carbocycles. The molecule has 1 atom stereocenters. The fraction of sp³-hybridized carbons (Fsp3) is 0.273. The molecule has 1 saturated heterocycles. The van der Waals surface area contributed by atoms with Crippen LogP contribution in [-0.2, 0) is 4.79 Å². The first-order valence-corrected chi connectivity index (χ1v) is 5.52. The lowest BCUT2D eigenvalue weighted by Gasteiger charge is -2.16. The van der Waals surface area contributed by atoms with Crippen molar-refractivity contribution >= 4 is 34.8 Å². The summed E-state index contributed by atoms with van der Waals surface area (Å²) in [7, 11) is 0. The highest BCUT2D eigenvalue weighted by Gasteiger charge is 2.30. The van der Waals surface area contributed by atoms with Crippen LogP contribution in [0.2, 0.25) is 10.0 Å². The van der Waals surface area contributed by atoms with Crippen LogP contribution in [0.15, 0.2) is 18.2 Å². The molecule has 1 aromatic rings. The molecule has 82 valence electrons. The van der Waals surface area contributed by atoms with Crippen LogP contribution in [-0.4, -0.2) is 12.5 Å². The van der Waals surface area contributed by atoms with Crippen molar-refractivity contribution < 1.29 is 4.79 Å². The molecule has 5 heteroatoms. The van der Waals surface area contributed by atoms with E-state index in [2.05, 4.69) is 6.07 Å². The Morgan fingerprint density at radius 2 is 1.94 bits per heavy atom. The summed E-state index contributed by atoms with van der Waals surface area (Å²) < 4.78 is 0. The Hall–Kier alpha value is -1.24. The van der Waals surface area contributed by atoms with E-state index in [9.17, 15) is 4.79 Å². The van der Waals surface area contributed by atoms with Crippen LogP contribution in [0, 0.1) is 17.2 Å². The molecular formula is C11H8Cl2N2O. The molecular weight excluding hydrogens is 247 g/mol. The molecule has 0 radical (unpaired) electrons. The summed E-state index contributed by atoms with van der Waals surface area (Å²) in [5, 5.41) is 9.74. The number of nitrogens with zero attached hydrogens (tertiary/aromatic N) is 2. The quantitative estimate of drug-likeness (QED) is 0.774. The number of halogens is 2. The van der Waals surface area contributed by atoms with Crippen LogP contribution in [0.4, 0.5) is 5.69 Å². The average molecular weight is 255 g/mol. The van der Waals surface area contributed by atoms with Crippen molar-refractivity contribution in [2.24, 2.45) is 5.92 Å². The van der Waals surface area contributed by atoms with Crippen molar-refractivity contribution in [3.05, 3.63) is 28.2 Å². The Labute approximate surface area is 103 Å². The first-order valence-electron chi connectivity index (χ1n) is 4.76. The van der Waals surface area contributed by atoms with E-state index in [-0.39, 0.29) is 18.2 Å². The van der Waals surface area contributed by atoms with Gasteiger partial charge in [0.05, 0.1) is 12.0 Å². The second-order valence-corrected chi connectivity index (χ2v) is 4.54. The van der Waals surface area contributed by atoms with Gasteiger partial charge in [0, 0.05) is 28.7 Å². The number of rotatable bonds is 1. The fourth-order valence-corrected chi connectivity index (χ4v) is 2.25. The zero-order valence-electron chi connectivity index (χ0n) is 8.28. The molecule has 1 unspecified atom stereocenters. The summed E-state index contributed by atoms with van der Waals surface area (Å²) in [6.07, 6.45) is 0.265. The van der Waals surface area contributed by atoms with Crippen molar-refractivity contribution in [3.8, 4) is 6.07 Å². The molecule has 0 saturated carbocycles. The second-order valence-electron chi connectivity index (χ2n) is 3.66. The van der Waals surface area contributed by atoms with Crippen molar-refractivity contribution in [1.29, 1.82) is 5.26 Å². The first-order chi connectivity index (χ1) is 7.60. The third kappa shape index (κ3) is 2.13. The number of benzene rings is 1. The van der Waals surface area contributed by atoms with Gasteiger partial charge in [0.25, 0.3) is 0 Å². The second kappa shape index (κ2) is 4.32. The maximum Gasteiger partial charge on any atom is 0.228 e. The van der Waals surface area contributed by atoms with Gasteiger partial charge in [0.2, 0.25) is 5.91 Å². The highest BCUT2D eigenvalue weighted by Crippen LogP contribution is 2.29. The smallest absolute Gasteiger partial charge is 0.228 e. The van der Waals surface area contributed by atoms with Gasteiger partial charge in [-0.15, -0.1) is 0 Å². The third-order valence-electron chi connectivity index (χ3n) is 2.47. The van der Waals surface area contributed by atoms with Crippen LogP contribution >= 0.6 is 23.2 Å². The molecule has 1 fully saturated rings. The summed E-state index contributed by atoms with van der Waals surface area (Å²) in [6, 6.07) is 7.04. The van der Waals surface area contributed by atoms with E-state index in [1.807, 2.05) is 0 Å². The predicted molar refractivity (Wildman–Crippen MR) is 62.5 cm³/mol. The van der Waals surface area contributed by atoms with E-state index in [1.54, 1.807) is 23.1 Å². The molecule has 3 nitrogen and oxygen atoms in total. The molecule has 0 spiro atoms. The summed E-state index contributed by atoms with van der Waals surface area (Å²) in [4.78, 5) is 13.2. The monoisotopic (exact) mass is 254 g/mol. The number of hydrogen-bond acceptors (Lipinski definition) is 2. The maximum atomic E-state index is 11.7. The predicted octanol–water partition coefficient (Wildman–Crippen LogP) is 2.87. The topological polar surface area (TPSA) is 44.1 Å². The molecule has 1 amide bonds. The first kappa shape index (κ1) is 11.3. The van der Waals surface area contributed by atoms with Gasteiger partial charge in [-0.2, -0.15) is 5.26 Å². The van der Waals surface area contributed by atoms with Crippen molar-refractivity contribution in [2.75, 3.05) is 11.4 Å². The van der Waals surface area contributed by atoms with Gasteiger partial charge >= 0.3 is 0 Å². The van der Waals surface area contributed by atoms with E-state index in [4.69, 9.17) is 28.5 Å². The fourth-order valence-electron chi connectivity index (χ4n) is 1.74. The largest absolute Gasteiger partial charge is 0.311 e. The lowest BCUT2D eigenvalue weighted by Crippen LogP contribution is -2.24. The molecule has 1 aliphatic rings. The molecule has 0 bridgehead atoms. The minimum absolute atomic E-state index is 0.0649. The van der Waals surface area contributed by atoms with Crippen LogP contribution in [0.25, 0.3) is 0 Å². The number of amides is 1. The Balaban J connectivity index is 2.32. The van der Waals surface area contributed by atoms with Gasteiger partial charge in [-0.3, -0.25) is 4.79 Å². The summed E-state index contributed by atoms with van der Waals surface area (Å²) in [5.41, 5.74) is 0.653. The number of carbonyl (C=O) groups is 1. The van der Waals surface area contributed by atoms with Crippen molar-refractivity contribution in [1.82, 2.24) is 0 Å². The molecule has 0 aromatic heterocycles. The molecule has 1 aromatic carbocycles. The van der Waals surface area contributed by atoms with Crippen LogP contribution in [0.1, 0.15) is 6.42 Å². The Morgan fingerprint density at radius 1 is 1.31 bits per heavy atom. The van der Waals surface area contributed by atoms with Crippen molar-refractivity contribution in [2.45, 2.75) is 6.42 Å². The molecule has 1 heterocycles. The number of anilines is 1. The molecule has 2 rings (SSSR count). The minimum Gasteiger partial charge on any atom is -0.311 e. The lowest BCUT2D eigenvalue weighted by molar-refractivity contribution is -0.117. The number of hydrogen-bond donors (Lipinski definition) is 0. The number of nitriles is 1. The summed E-state index contributed by atoms with van der Waals surface area (Å²) in [5.74, 6) is -0.310. The van der Waals surface area contributed by atoms with Crippen LogP contribution in [0.3, 0.4) is 0 Å². The van der Waals surface area contributed by atoms with Gasteiger partial charge in [-0.25, -0.2) is 0 Å². The zero-order chi connectivity index (χ0) is 11.7. The highest BCUT2D eigenvalue weighted by atomic mass is 35.5. The van der Waals surface area contributed by atoms with E-state index >= 15 is 0 Å². The van der Waals surface area contributed by atoms with Gasteiger partial charge in [0.15, 0.2) is 0 Å². The summed E-state index contributed by atoms with van der Waals surface area (Å²) >= 11 is 11.7. The average Bonchev–Trinajstić information content (AvgIpc) is 2.58. The van der Waals surface area contributed by atoms with Gasteiger partial charge < -0.3 is 4.90 Å². The van der Waals surface area contributed by atoms with Gasteiger partial charge in [-0.1, -0.05) is 23.2 Å². The van der Waals surface area contributed by atoms with Crippen LogP contribution in [0.5, 0.6) is 0 Å². The van der Waals surface area contributed by atoms with Crippen LogP contribution < -0.4 is 4.90 Å². The normalized spacial score (nSPS) is 19.9. The molecule has 0 N–H and O–H groups in total. The van der Waals surface area contributed by atoms with E-state index in [1.165, 1.54) is 0 Å². The van der Waals surface area contributed by atoms with Gasteiger partial charge in [0.1, 0.15) is 0 Å². The minimum atomic E-state index is -0.245. The lowest BCUT2D eigenvalue weighted by atomic mass is 10.1. The Morgan fingerprint density at radius 3 is 2.44 bits per heavy atom.